The van der Waals surface area contributed by atoms with Crippen LogP contribution in [0.5, 0.6) is 0 Å². The van der Waals surface area contributed by atoms with Crippen molar-refractivity contribution in [2.45, 2.75) is 71.4 Å². The summed E-state index contributed by atoms with van der Waals surface area (Å²) in [7, 11) is 0. The van der Waals surface area contributed by atoms with Crippen molar-refractivity contribution in [3.8, 4) is 0 Å². The van der Waals surface area contributed by atoms with Gasteiger partial charge in [0, 0.05) is 32.1 Å². The summed E-state index contributed by atoms with van der Waals surface area (Å²) in [4.78, 5) is 31.0. The van der Waals surface area contributed by atoms with E-state index < -0.39 is 0 Å². The molecule has 0 bridgehead atoms. The normalized spacial score (nSPS) is 21.6. The molecule has 5 heteroatoms. The average molecular weight is 323 g/mol. The summed E-state index contributed by atoms with van der Waals surface area (Å²) in [5.74, 6) is 0.229. The molecule has 2 amide bonds. The third kappa shape index (κ3) is 4.93. The number of rotatable bonds is 6. The molecule has 2 aliphatic heterocycles. The predicted octanol–water partition coefficient (Wildman–Crippen LogP) is 2.11. The summed E-state index contributed by atoms with van der Waals surface area (Å²) in [5, 5.41) is 0. The van der Waals surface area contributed by atoms with Crippen molar-refractivity contribution in [2.75, 3.05) is 32.7 Å². The van der Waals surface area contributed by atoms with E-state index in [1.165, 1.54) is 25.7 Å². The van der Waals surface area contributed by atoms with Crippen LogP contribution in [0.25, 0.3) is 0 Å². The first-order valence-electron chi connectivity index (χ1n) is 9.33. The number of nitrogens with zero attached hydrogens (tertiary/aromatic N) is 3. The third-order valence-corrected chi connectivity index (χ3v) is 5.20. The van der Waals surface area contributed by atoms with Crippen molar-refractivity contribution >= 4 is 11.8 Å². The zero-order valence-corrected chi connectivity index (χ0v) is 15.1. The SMILES string of the molecule is CC(C)N(CCN1CCCCCC1)C(=O)[C@H](C)N1CCCC1=O. The van der Waals surface area contributed by atoms with Crippen molar-refractivity contribution < 1.29 is 9.59 Å². The van der Waals surface area contributed by atoms with Gasteiger partial charge in [-0.15, -0.1) is 0 Å². The minimum absolute atomic E-state index is 0.102. The summed E-state index contributed by atoms with van der Waals surface area (Å²) < 4.78 is 0. The van der Waals surface area contributed by atoms with Crippen LogP contribution in [-0.4, -0.2) is 71.3 Å². The lowest BCUT2D eigenvalue weighted by Crippen LogP contribution is -2.51. The number of amides is 2. The first kappa shape index (κ1) is 18.2. The Morgan fingerprint density at radius 3 is 2.22 bits per heavy atom. The molecule has 2 fully saturated rings. The van der Waals surface area contributed by atoms with Gasteiger partial charge in [0.1, 0.15) is 6.04 Å². The van der Waals surface area contributed by atoms with Crippen LogP contribution in [0.15, 0.2) is 0 Å². The Balaban J connectivity index is 1.91. The molecule has 0 aliphatic carbocycles. The molecule has 0 radical (unpaired) electrons. The van der Waals surface area contributed by atoms with E-state index in [0.29, 0.717) is 6.42 Å². The highest BCUT2D eigenvalue weighted by Crippen LogP contribution is 2.16. The summed E-state index contributed by atoms with van der Waals surface area (Å²) in [6, 6.07) is -0.147. The largest absolute Gasteiger partial charge is 0.337 e. The van der Waals surface area contributed by atoms with Gasteiger partial charge in [0.2, 0.25) is 11.8 Å². The van der Waals surface area contributed by atoms with Crippen LogP contribution in [-0.2, 0) is 9.59 Å². The maximum atomic E-state index is 12.9. The highest BCUT2D eigenvalue weighted by molar-refractivity contribution is 5.88. The lowest BCUT2D eigenvalue weighted by atomic mass is 10.2. The van der Waals surface area contributed by atoms with E-state index in [9.17, 15) is 9.59 Å². The minimum atomic E-state index is -0.323. The van der Waals surface area contributed by atoms with Gasteiger partial charge in [-0.2, -0.15) is 0 Å². The number of hydrogen-bond donors (Lipinski definition) is 0. The van der Waals surface area contributed by atoms with E-state index in [0.717, 1.165) is 39.1 Å². The summed E-state index contributed by atoms with van der Waals surface area (Å²) >= 11 is 0. The molecule has 0 aromatic carbocycles. The van der Waals surface area contributed by atoms with E-state index in [1.54, 1.807) is 4.90 Å². The topological polar surface area (TPSA) is 43.9 Å². The van der Waals surface area contributed by atoms with Crippen LogP contribution >= 0.6 is 0 Å². The average Bonchev–Trinajstić information content (AvgIpc) is 2.78. The van der Waals surface area contributed by atoms with Crippen molar-refractivity contribution in [3.63, 3.8) is 0 Å². The zero-order valence-electron chi connectivity index (χ0n) is 15.1. The highest BCUT2D eigenvalue weighted by atomic mass is 16.2. The van der Waals surface area contributed by atoms with Crippen molar-refractivity contribution in [1.82, 2.24) is 14.7 Å². The summed E-state index contributed by atoms with van der Waals surface area (Å²) in [6.45, 7) is 10.8. The minimum Gasteiger partial charge on any atom is -0.337 e. The second-order valence-electron chi connectivity index (χ2n) is 7.25. The Bertz CT molecular complexity index is 403. The molecule has 0 unspecified atom stereocenters. The van der Waals surface area contributed by atoms with Crippen LogP contribution in [0.1, 0.15) is 59.3 Å². The standard InChI is InChI=1S/C18H33N3O2/c1-15(2)20(14-13-19-10-6-4-5-7-11-19)18(23)16(3)21-12-8-9-17(21)22/h15-16H,4-14H2,1-3H3/t16-/m0/s1. The first-order chi connectivity index (χ1) is 11.0. The lowest BCUT2D eigenvalue weighted by molar-refractivity contribution is -0.144. The highest BCUT2D eigenvalue weighted by Gasteiger charge is 2.32. The van der Waals surface area contributed by atoms with E-state index in [2.05, 4.69) is 18.7 Å². The molecule has 1 atom stereocenters. The zero-order chi connectivity index (χ0) is 16.8. The molecular weight excluding hydrogens is 290 g/mol. The molecule has 0 saturated carbocycles. The number of carbonyl (C=O) groups is 2. The Labute approximate surface area is 141 Å². The van der Waals surface area contributed by atoms with Crippen molar-refractivity contribution in [3.05, 3.63) is 0 Å². The maximum absolute atomic E-state index is 12.9. The molecule has 2 saturated heterocycles. The Morgan fingerprint density at radius 2 is 1.70 bits per heavy atom. The molecule has 2 rings (SSSR count). The fourth-order valence-corrected chi connectivity index (χ4v) is 3.68. The molecular formula is C18H33N3O2. The second-order valence-corrected chi connectivity index (χ2v) is 7.25. The smallest absolute Gasteiger partial charge is 0.245 e. The second kappa shape index (κ2) is 8.67. The van der Waals surface area contributed by atoms with E-state index in [-0.39, 0.29) is 23.9 Å². The molecule has 0 spiro atoms. The number of hydrogen-bond acceptors (Lipinski definition) is 3. The Kier molecular flexibility index (Phi) is 6.88. The van der Waals surface area contributed by atoms with Gasteiger partial charge < -0.3 is 14.7 Å². The van der Waals surface area contributed by atoms with E-state index in [1.807, 2.05) is 11.8 Å². The van der Waals surface area contributed by atoms with E-state index in [4.69, 9.17) is 0 Å². The van der Waals surface area contributed by atoms with Crippen molar-refractivity contribution in [1.29, 1.82) is 0 Å². The van der Waals surface area contributed by atoms with Crippen LogP contribution in [0.3, 0.4) is 0 Å². The van der Waals surface area contributed by atoms with Gasteiger partial charge in [0.25, 0.3) is 0 Å². The van der Waals surface area contributed by atoms with Gasteiger partial charge in [0.05, 0.1) is 0 Å². The van der Waals surface area contributed by atoms with Gasteiger partial charge in [-0.25, -0.2) is 0 Å². The van der Waals surface area contributed by atoms with Crippen LogP contribution in [0, 0.1) is 0 Å². The molecule has 0 aromatic heterocycles. The first-order valence-corrected chi connectivity index (χ1v) is 9.33. The van der Waals surface area contributed by atoms with Gasteiger partial charge >= 0.3 is 0 Å². The summed E-state index contributed by atoms with van der Waals surface area (Å²) in [5.41, 5.74) is 0. The Hall–Kier alpha value is -1.10. The van der Waals surface area contributed by atoms with Gasteiger partial charge in [-0.3, -0.25) is 9.59 Å². The third-order valence-electron chi connectivity index (χ3n) is 5.20. The van der Waals surface area contributed by atoms with Crippen molar-refractivity contribution in [2.24, 2.45) is 0 Å². The van der Waals surface area contributed by atoms with Gasteiger partial charge in [-0.05, 0) is 53.1 Å². The lowest BCUT2D eigenvalue weighted by Gasteiger charge is -2.34. The molecule has 0 aromatic rings. The number of carbonyl (C=O) groups excluding carboxylic acids is 2. The predicted molar refractivity (Wildman–Crippen MR) is 92.2 cm³/mol. The Morgan fingerprint density at radius 1 is 1.04 bits per heavy atom. The molecule has 0 N–H and O–H groups in total. The van der Waals surface area contributed by atoms with Gasteiger partial charge in [0.15, 0.2) is 0 Å². The molecule has 5 nitrogen and oxygen atoms in total. The fraction of sp³-hybridized carbons (Fsp3) is 0.889. The van der Waals surface area contributed by atoms with Crippen LogP contribution < -0.4 is 0 Å². The maximum Gasteiger partial charge on any atom is 0.245 e. The monoisotopic (exact) mass is 323 g/mol. The van der Waals surface area contributed by atoms with E-state index >= 15 is 0 Å². The van der Waals surface area contributed by atoms with Crippen LogP contribution in [0.2, 0.25) is 0 Å². The molecule has 132 valence electrons. The van der Waals surface area contributed by atoms with Crippen LogP contribution in [0.4, 0.5) is 0 Å². The quantitative estimate of drug-likeness (QED) is 0.752. The number of likely N-dealkylation sites (tertiary alicyclic amines) is 2. The summed E-state index contributed by atoms with van der Waals surface area (Å²) in [6.07, 6.45) is 6.68. The molecule has 2 aliphatic rings. The fourth-order valence-electron chi connectivity index (χ4n) is 3.68. The molecule has 23 heavy (non-hydrogen) atoms. The molecule has 2 heterocycles. The van der Waals surface area contributed by atoms with Gasteiger partial charge in [-0.1, -0.05) is 12.8 Å².